The maximum Gasteiger partial charge on any atom is 0.288 e. The molecule has 0 unspecified atom stereocenters. The van der Waals surface area contributed by atoms with Crippen LogP contribution in [-0.4, -0.2) is 40.2 Å². The van der Waals surface area contributed by atoms with Crippen LogP contribution in [0.3, 0.4) is 0 Å². The topological polar surface area (TPSA) is 108 Å². The predicted molar refractivity (Wildman–Crippen MR) is 107 cm³/mol. The quantitative estimate of drug-likeness (QED) is 0.279. The van der Waals surface area contributed by atoms with Gasteiger partial charge in [-0.25, -0.2) is 5.10 Å². The normalized spacial score (nSPS) is 11.0. The lowest BCUT2D eigenvalue weighted by molar-refractivity contribution is -0.384. The number of hydrogen-bond acceptors (Lipinski definition) is 7. The number of hydrogen-bond donors (Lipinski definition) is 1. The van der Waals surface area contributed by atoms with Gasteiger partial charge in [0.15, 0.2) is 17.3 Å². The molecule has 0 saturated carbocycles. The van der Waals surface area contributed by atoms with Crippen molar-refractivity contribution in [3.63, 3.8) is 0 Å². The average molecular weight is 420 g/mol. The maximum atomic E-state index is 11.0. The Morgan fingerprint density at radius 2 is 2.00 bits per heavy atom. The minimum absolute atomic E-state index is 0.0492. The minimum Gasteiger partial charge on any atom is -0.493 e. The number of nitro benzene ring substituents is 1. The first-order valence-corrected chi connectivity index (χ1v) is 8.61. The van der Waals surface area contributed by atoms with Crippen LogP contribution in [0.1, 0.15) is 5.56 Å². The molecule has 1 aromatic heterocycles. The number of aromatic amines is 1. The fourth-order valence-corrected chi connectivity index (χ4v) is 2.80. The van der Waals surface area contributed by atoms with Crippen molar-refractivity contribution in [2.45, 2.75) is 0 Å². The van der Waals surface area contributed by atoms with Crippen molar-refractivity contribution in [1.29, 1.82) is 0 Å². The lowest BCUT2D eigenvalue weighted by Gasteiger charge is -2.09. The summed E-state index contributed by atoms with van der Waals surface area (Å²) >= 11 is 11.1. The monoisotopic (exact) mass is 419 g/mol. The number of nitrogens with one attached hydrogen (secondary N) is 1. The smallest absolute Gasteiger partial charge is 0.288 e. The van der Waals surface area contributed by atoms with Crippen molar-refractivity contribution in [2.24, 2.45) is 5.10 Å². The Hall–Kier alpha value is -3.24. The molecule has 0 bridgehead atoms. The van der Waals surface area contributed by atoms with Crippen LogP contribution in [0.4, 0.5) is 5.69 Å². The molecular formula is C17H14ClN5O4S. The van der Waals surface area contributed by atoms with Gasteiger partial charge < -0.3 is 9.47 Å². The summed E-state index contributed by atoms with van der Waals surface area (Å²) in [5.74, 6) is 1.53. The molecule has 2 aromatic carbocycles. The Labute approximate surface area is 169 Å². The van der Waals surface area contributed by atoms with Crippen LogP contribution in [-0.2, 0) is 0 Å². The Morgan fingerprint density at radius 1 is 1.25 bits per heavy atom. The molecule has 11 heteroatoms. The summed E-state index contributed by atoms with van der Waals surface area (Å²) in [5, 5.41) is 22.2. The number of aromatic nitrogens is 3. The van der Waals surface area contributed by atoms with Gasteiger partial charge in [0.25, 0.3) is 5.69 Å². The molecule has 3 aromatic rings. The molecule has 0 radical (unpaired) electrons. The second-order valence-corrected chi connectivity index (χ2v) is 6.24. The van der Waals surface area contributed by atoms with Gasteiger partial charge in [0.1, 0.15) is 5.02 Å². The van der Waals surface area contributed by atoms with Crippen molar-refractivity contribution in [3.8, 4) is 22.9 Å². The number of nitro groups is 1. The van der Waals surface area contributed by atoms with Gasteiger partial charge in [0, 0.05) is 17.2 Å². The summed E-state index contributed by atoms with van der Waals surface area (Å²) in [6, 6.07) is 9.63. The first-order chi connectivity index (χ1) is 13.4. The van der Waals surface area contributed by atoms with E-state index in [9.17, 15) is 10.1 Å². The van der Waals surface area contributed by atoms with E-state index in [0.29, 0.717) is 28.5 Å². The highest BCUT2D eigenvalue weighted by atomic mass is 35.5. The fourth-order valence-electron chi connectivity index (χ4n) is 2.44. The van der Waals surface area contributed by atoms with Gasteiger partial charge in [-0.1, -0.05) is 17.7 Å². The maximum absolute atomic E-state index is 11.0. The largest absolute Gasteiger partial charge is 0.493 e. The molecule has 3 rings (SSSR count). The van der Waals surface area contributed by atoms with Crippen LogP contribution in [0.5, 0.6) is 11.5 Å². The molecule has 0 aliphatic carbocycles. The van der Waals surface area contributed by atoms with Crippen LogP contribution in [0, 0.1) is 14.9 Å². The Kier molecular flexibility index (Phi) is 5.71. The number of nitrogens with zero attached hydrogens (tertiary/aromatic N) is 4. The van der Waals surface area contributed by atoms with Gasteiger partial charge in [0.05, 0.1) is 25.4 Å². The second kappa shape index (κ2) is 8.19. The Bertz CT molecular complexity index is 1120. The molecule has 0 aliphatic heterocycles. The van der Waals surface area contributed by atoms with Crippen LogP contribution in [0.15, 0.2) is 41.5 Å². The highest BCUT2D eigenvalue weighted by Gasteiger charge is 2.14. The van der Waals surface area contributed by atoms with Gasteiger partial charge in [-0.05, 0) is 36.5 Å². The number of halogens is 1. The van der Waals surface area contributed by atoms with Gasteiger partial charge in [-0.3, -0.25) is 10.1 Å². The van der Waals surface area contributed by atoms with Crippen LogP contribution in [0.2, 0.25) is 5.02 Å². The lowest BCUT2D eigenvalue weighted by Crippen LogP contribution is -1.97. The van der Waals surface area contributed by atoms with Gasteiger partial charge >= 0.3 is 0 Å². The van der Waals surface area contributed by atoms with E-state index in [0.717, 1.165) is 0 Å². The zero-order chi connectivity index (χ0) is 20.3. The standard InChI is InChI=1S/C17H14ClN5O4S/c1-26-14-6-4-11(8-15(14)27-2)16-20-21-17(28)22(16)19-9-10-3-5-12(18)13(7-10)23(24)25/h3-9H,1-2H3,(H,21,28)/b19-9-. The zero-order valence-corrected chi connectivity index (χ0v) is 16.3. The van der Waals surface area contributed by atoms with Crippen molar-refractivity contribution < 1.29 is 14.4 Å². The number of benzene rings is 2. The van der Waals surface area contributed by atoms with E-state index < -0.39 is 4.92 Å². The van der Waals surface area contributed by atoms with Crippen LogP contribution < -0.4 is 9.47 Å². The van der Waals surface area contributed by atoms with E-state index in [1.54, 1.807) is 31.4 Å². The number of ether oxygens (including phenoxy) is 2. The van der Waals surface area contributed by atoms with Gasteiger partial charge in [-0.2, -0.15) is 14.9 Å². The molecule has 144 valence electrons. The molecule has 0 aliphatic rings. The lowest BCUT2D eigenvalue weighted by atomic mass is 10.2. The molecule has 0 fully saturated rings. The third kappa shape index (κ3) is 3.87. The number of H-pyrrole nitrogens is 1. The van der Waals surface area contributed by atoms with E-state index in [1.807, 2.05) is 0 Å². The van der Waals surface area contributed by atoms with E-state index in [2.05, 4.69) is 15.3 Å². The highest BCUT2D eigenvalue weighted by molar-refractivity contribution is 7.71. The summed E-state index contributed by atoms with van der Waals surface area (Å²) in [5.41, 5.74) is 0.961. The number of methoxy groups -OCH3 is 2. The molecule has 28 heavy (non-hydrogen) atoms. The van der Waals surface area contributed by atoms with E-state index in [-0.39, 0.29) is 15.5 Å². The second-order valence-electron chi connectivity index (χ2n) is 5.45. The molecule has 0 saturated heterocycles. The van der Waals surface area contributed by atoms with Gasteiger partial charge in [-0.15, -0.1) is 0 Å². The van der Waals surface area contributed by atoms with E-state index in [4.69, 9.17) is 33.3 Å². The third-order valence-electron chi connectivity index (χ3n) is 3.78. The SMILES string of the molecule is COc1ccc(-c2n[nH]c(=S)n2/N=C\c2ccc(Cl)c([N+](=O)[O-])c2)cc1OC. The van der Waals surface area contributed by atoms with Gasteiger partial charge in [0.2, 0.25) is 4.77 Å². The summed E-state index contributed by atoms with van der Waals surface area (Å²) in [4.78, 5) is 10.5. The van der Waals surface area contributed by atoms with Crippen molar-refractivity contribution in [2.75, 3.05) is 14.2 Å². The fraction of sp³-hybridized carbons (Fsp3) is 0.118. The molecule has 1 N–H and O–H groups in total. The highest BCUT2D eigenvalue weighted by Crippen LogP contribution is 2.31. The molecular weight excluding hydrogens is 406 g/mol. The van der Waals surface area contributed by atoms with Crippen molar-refractivity contribution >= 4 is 35.7 Å². The first kappa shape index (κ1) is 19.5. The van der Waals surface area contributed by atoms with Crippen molar-refractivity contribution in [1.82, 2.24) is 14.9 Å². The molecule has 0 atom stereocenters. The van der Waals surface area contributed by atoms with E-state index in [1.165, 1.54) is 30.1 Å². The summed E-state index contributed by atoms with van der Waals surface area (Å²) in [7, 11) is 3.08. The number of rotatable bonds is 6. The average Bonchev–Trinajstić information content (AvgIpc) is 3.07. The van der Waals surface area contributed by atoms with Crippen molar-refractivity contribution in [3.05, 3.63) is 61.9 Å². The zero-order valence-electron chi connectivity index (χ0n) is 14.7. The van der Waals surface area contributed by atoms with Crippen LogP contribution >= 0.6 is 23.8 Å². The summed E-state index contributed by atoms with van der Waals surface area (Å²) in [6.45, 7) is 0. The molecule has 9 nitrogen and oxygen atoms in total. The minimum atomic E-state index is -0.557. The van der Waals surface area contributed by atoms with E-state index >= 15 is 0 Å². The molecule has 0 spiro atoms. The molecule has 1 heterocycles. The van der Waals surface area contributed by atoms with Crippen LogP contribution in [0.25, 0.3) is 11.4 Å². The predicted octanol–water partition coefficient (Wildman–Crippen LogP) is 4.07. The summed E-state index contributed by atoms with van der Waals surface area (Å²) in [6.07, 6.45) is 1.43. The third-order valence-corrected chi connectivity index (χ3v) is 4.37. The first-order valence-electron chi connectivity index (χ1n) is 7.82. The Balaban J connectivity index is 2.01. The summed E-state index contributed by atoms with van der Waals surface area (Å²) < 4.78 is 12.2. The molecule has 0 amide bonds. The Morgan fingerprint density at radius 3 is 2.68 bits per heavy atom.